The third-order valence-corrected chi connectivity index (χ3v) is 3.61. The average molecular weight is 330 g/mol. The fraction of sp³-hybridized carbons (Fsp3) is 0.375. The molecule has 1 aromatic heterocycles. The van der Waals surface area contributed by atoms with Gasteiger partial charge in [-0.25, -0.2) is 0 Å². The zero-order valence-corrected chi connectivity index (χ0v) is 13.2. The second kappa shape index (κ2) is 7.12. The maximum absolute atomic E-state index is 12.0. The van der Waals surface area contributed by atoms with E-state index in [1.807, 2.05) is 0 Å². The van der Waals surface area contributed by atoms with Crippen molar-refractivity contribution in [2.24, 2.45) is 0 Å². The Hall–Kier alpha value is -2.90. The lowest BCUT2D eigenvalue weighted by Crippen LogP contribution is -2.34. The van der Waals surface area contributed by atoms with Gasteiger partial charge in [-0.3, -0.25) is 9.59 Å². The molecule has 0 saturated heterocycles. The molecular weight excluding hydrogens is 312 g/mol. The normalized spacial score (nSPS) is 13.4. The number of aromatic nitrogens is 2. The van der Waals surface area contributed by atoms with Gasteiger partial charge < -0.3 is 19.9 Å². The van der Waals surface area contributed by atoms with Crippen LogP contribution in [0.2, 0.25) is 0 Å². The summed E-state index contributed by atoms with van der Waals surface area (Å²) in [5.74, 6) is 0.806. The summed E-state index contributed by atoms with van der Waals surface area (Å²) in [6, 6.07) is 6.83. The van der Waals surface area contributed by atoms with Gasteiger partial charge in [-0.2, -0.15) is 4.98 Å². The number of carbonyl (C=O) groups excluding carboxylic acids is 2. The molecule has 1 saturated carbocycles. The monoisotopic (exact) mass is 330 g/mol. The number of benzene rings is 1. The first-order valence-corrected chi connectivity index (χ1v) is 7.71. The standard InChI is InChI=1S/C16H18N4O4/c1-23-12-4-2-3-11(9-12)14(21)17-7-8-18-15(22)16-19-13(20-24-16)10-5-6-10/h2-4,9-10H,5-8H2,1H3,(H,17,21)(H,18,22). The lowest BCUT2D eigenvalue weighted by atomic mass is 10.2. The van der Waals surface area contributed by atoms with Crippen LogP contribution in [0.5, 0.6) is 5.75 Å². The van der Waals surface area contributed by atoms with Crippen LogP contribution >= 0.6 is 0 Å². The van der Waals surface area contributed by atoms with Crippen LogP contribution in [-0.4, -0.2) is 42.2 Å². The van der Waals surface area contributed by atoms with Gasteiger partial charge in [0, 0.05) is 24.6 Å². The Balaban J connectivity index is 1.42. The Morgan fingerprint density at radius 1 is 1.25 bits per heavy atom. The Morgan fingerprint density at radius 2 is 2.00 bits per heavy atom. The largest absolute Gasteiger partial charge is 0.497 e. The van der Waals surface area contributed by atoms with Crippen LogP contribution in [0.25, 0.3) is 0 Å². The molecule has 0 unspecified atom stereocenters. The van der Waals surface area contributed by atoms with E-state index < -0.39 is 5.91 Å². The predicted octanol–water partition coefficient (Wildman–Crippen LogP) is 1.12. The van der Waals surface area contributed by atoms with E-state index in [0.717, 1.165) is 12.8 Å². The summed E-state index contributed by atoms with van der Waals surface area (Å²) in [5.41, 5.74) is 0.492. The zero-order valence-electron chi connectivity index (χ0n) is 13.2. The minimum atomic E-state index is -0.440. The highest BCUT2D eigenvalue weighted by atomic mass is 16.5. The first-order chi connectivity index (χ1) is 11.7. The van der Waals surface area contributed by atoms with Crippen LogP contribution < -0.4 is 15.4 Å². The highest BCUT2D eigenvalue weighted by Gasteiger charge is 2.29. The molecule has 0 atom stereocenters. The van der Waals surface area contributed by atoms with Crippen molar-refractivity contribution in [3.63, 3.8) is 0 Å². The van der Waals surface area contributed by atoms with Crippen molar-refractivity contribution in [2.45, 2.75) is 18.8 Å². The van der Waals surface area contributed by atoms with Gasteiger partial charge in [-0.15, -0.1) is 0 Å². The fourth-order valence-electron chi connectivity index (χ4n) is 2.13. The average Bonchev–Trinajstić information content (AvgIpc) is 3.35. The quantitative estimate of drug-likeness (QED) is 0.737. The van der Waals surface area contributed by atoms with Gasteiger partial charge in [-0.05, 0) is 31.0 Å². The molecule has 3 rings (SSSR count). The number of carbonyl (C=O) groups is 2. The first kappa shape index (κ1) is 16.0. The minimum absolute atomic E-state index is 0.0453. The van der Waals surface area contributed by atoms with Gasteiger partial charge in [0.05, 0.1) is 7.11 Å². The molecule has 2 aromatic rings. The van der Waals surface area contributed by atoms with Crippen molar-refractivity contribution < 1.29 is 18.8 Å². The molecular formula is C16H18N4O4. The third-order valence-electron chi connectivity index (χ3n) is 3.61. The van der Waals surface area contributed by atoms with Gasteiger partial charge in [0.15, 0.2) is 5.82 Å². The Labute approximate surface area is 138 Å². The van der Waals surface area contributed by atoms with Crippen molar-refractivity contribution in [1.29, 1.82) is 0 Å². The van der Waals surface area contributed by atoms with E-state index in [4.69, 9.17) is 9.26 Å². The lowest BCUT2D eigenvalue weighted by molar-refractivity contribution is 0.0898. The SMILES string of the molecule is COc1cccc(C(=O)NCCNC(=O)c2nc(C3CC3)no2)c1. The molecule has 8 heteroatoms. The van der Waals surface area contributed by atoms with Crippen LogP contribution in [0.1, 0.15) is 45.6 Å². The number of nitrogens with one attached hydrogen (secondary N) is 2. The topological polar surface area (TPSA) is 106 Å². The molecule has 126 valence electrons. The Kier molecular flexibility index (Phi) is 4.74. The van der Waals surface area contributed by atoms with E-state index in [1.54, 1.807) is 31.4 Å². The zero-order chi connectivity index (χ0) is 16.9. The number of hydrogen-bond acceptors (Lipinski definition) is 6. The summed E-state index contributed by atoms with van der Waals surface area (Å²) in [5, 5.41) is 9.12. The van der Waals surface area contributed by atoms with Crippen molar-refractivity contribution in [3.05, 3.63) is 41.5 Å². The third kappa shape index (κ3) is 3.89. The van der Waals surface area contributed by atoms with Crippen LogP contribution in [-0.2, 0) is 0 Å². The van der Waals surface area contributed by atoms with Crippen molar-refractivity contribution >= 4 is 11.8 Å². The number of ether oxygens (including phenoxy) is 1. The fourth-order valence-corrected chi connectivity index (χ4v) is 2.13. The Morgan fingerprint density at radius 3 is 2.71 bits per heavy atom. The number of methoxy groups -OCH3 is 1. The molecule has 0 spiro atoms. The summed E-state index contributed by atoms with van der Waals surface area (Å²) in [4.78, 5) is 27.9. The van der Waals surface area contributed by atoms with E-state index in [1.165, 1.54) is 0 Å². The highest BCUT2D eigenvalue weighted by molar-refractivity contribution is 5.94. The highest BCUT2D eigenvalue weighted by Crippen LogP contribution is 2.37. The van der Waals surface area contributed by atoms with Crippen LogP contribution in [0.4, 0.5) is 0 Å². The number of nitrogens with zero attached hydrogens (tertiary/aromatic N) is 2. The van der Waals surface area contributed by atoms with Gasteiger partial charge in [0.2, 0.25) is 0 Å². The van der Waals surface area contributed by atoms with Crippen LogP contribution in [0, 0.1) is 0 Å². The van der Waals surface area contributed by atoms with Crippen LogP contribution in [0.3, 0.4) is 0 Å². The molecule has 8 nitrogen and oxygen atoms in total. The second-order valence-corrected chi connectivity index (χ2v) is 5.48. The molecule has 2 amide bonds. The number of rotatable bonds is 7. The maximum atomic E-state index is 12.0. The van der Waals surface area contributed by atoms with Gasteiger partial charge >= 0.3 is 11.8 Å². The van der Waals surface area contributed by atoms with Crippen molar-refractivity contribution in [1.82, 2.24) is 20.8 Å². The van der Waals surface area contributed by atoms with E-state index in [2.05, 4.69) is 20.8 Å². The molecule has 0 radical (unpaired) electrons. The summed E-state index contributed by atoms with van der Waals surface area (Å²) in [7, 11) is 1.54. The van der Waals surface area contributed by atoms with Crippen molar-refractivity contribution in [2.75, 3.05) is 20.2 Å². The minimum Gasteiger partial charge on any atom is -0.497 e. The lowest BCUT2D eigenvalue weighted by Gasteiger charge is -2.07. The van der Waals surface area contributed by atoms with Crippen LogP contribution in [0.15, 0.2) is 28.8 Å². The van der Waals surface area contributed by atoms with Gasteiger partial charge in [0.25, 0.3) is 5.91 Å². The maximum Gasteiger partial charge on any atom is 0.315 e. The first-order valence-electron chi connectivity index (χ1n) is 7.71. The van der Waals surface area contributed by atoms with E-state index in [-0.39, 0.29) is 24.9 Å². The molecule has 0 bridgehead atoms. The molecule has 2 N–H and O–H groups in total. The molecule has 1 heterocycles. The van der Waals surface area contributed by atoms with Crippen molar-refractivity contribution in [3.8, 4) is 5.75 Å². The molecule has 24 heavy (non-hydrogen) atoms. The summed E-state index contributed by atoms with van der Waals surface area (Å²) < 4.78 is 10.0. The molecule has 1 aromatic carbocycles. The smallest absolute Gasteiger partial charge is 0.315 e. The molecule has 1 aliphatic rings. The molecule has 0 aliphatic heterocycles. The van der Waals surface area contributed by atoms with Gasteiger partial charge in [0.1, 0.15) is 5.75 Å². The number of hydrogen-bond donors (Lipinski definition) is 2. The van der Waals surface area contributed by atoms with E-state index in [9.17, 15) is 9.59 Å². The molecule has 1 fully saturated rings. The summed E-state index contributed by atoms with van der Waals surface area (Å²) in [6.07, 6.45) is 2.08. The summed E-state index contributed by atoms with van der Waals surface area (Å²) >= 11 is 0. The Bertz CT molecular complexity index is 739. The molecule has 1 aliphatic carbocycles. The predicted molar refractivity (Wildman–Crippen MR) is 83.9 cm³/mol. The van der Waals surface area contributed by atoms with E-state index in [0.29, 0.717) is 23.1 Å². The second-order valence-electron chi connectivity index (χ2n) is 5.48. The summed E-state index contributed by atoms with van der Waals surface area (Å²) in [6.45, 7) is 0.543. The number of amides is 2. The van der Waals surface area contributed by atoms with E-state index >= 15 is 0 Å². The van der Waals surface area contributed by atoms with Gasteiger partial charge in [-0.1, -0.05) is 11.2 Å².